The van der Waals surface area contributed by atoms with Gasteiger partial charge in [-0.15, -0.1) is 0 Å². The van der Waals surface area contributed by atoms with Crippen molar-refractivity contribution in [1.29, 1.82) is 0 Å². The van der Waals surface area contributed by atoms with Gasteiger partial charge in [0.1, 0.15) is 0 Å². The zero-order valence-corrected chi connectivity index (χ0v) is 11.8. The van der Waals surface area contributed by atoms with Crippen LogP contribution in [0.1, 0.15) is 29.6 Å². The summed E-state index contributed by atoms with van der Waals surface area (Å²) in [5, 5.41) is 22.8. The van der Waals surface area contributed by atoms with Gasteiger partial charge in [0.25, 0.3) is 0 Å². The number of carbonyl (C=O) groups is 1. The van der Waals surface area contributed by atoms with Gasteiger partial charge in [0.2, 0.25) is 5.82 Å². The second-order valence-corrected chi connectivity index (χ2v) is 6.02. The molecule has 1 heterocycles. The first-order chi connectivity index (χ1) is 9.47. The van der Waals surface area contributed by atoms with Crippen molar-refractivity contribution in [2.24, 2.45) is 0 Å². The second-order valence-electron chi connectivity index (χ2n) is 4.75. The van der Waals surface area contributed by atoms with Crippen molar-refractivity contribution in [3.8, 4) is 0 Å². The number of rotatable bonds is 6. The van der Waals surface area contributed by atoms with E-state index in [2.05, 4.69) is 10.3 Å². The van der Waals surface area contributed by atoms with Gasteiger partial charge in [-0.05, 0) is 19.1 Å². The number of hydrogen-bond acceptors (Lipinski definition) is 6. The number of aromatic carboxylic acids is 1. The van der Waals surface area contributed by atoms with Gasteiger partial charge in [-0.3, -0.25) is 10.1 Å². The number of pyridine rings is 1. The van der Waals surface area contributed by atoms with E-state index in [1.807, 2.05) is 6.26 Å². The van der Waals surface area contributed by atoms with Crippen molar-refractivity contribution < 1.29 is 14.8 Å². The molecule has 20 heavy (non-hydrogen) atoms. The molecule has 0 bridgehead atoms. The predicted octanol–water partition coefficient (Wildman–Crippen LogP) is 2.39. The molecular weight excluding hydrogens is 282 g/mol. The van der Waals surface area contributed by atoms with Crippen LogP contribution in [-0.4, -0.2) is 38.5 Å². The number of anilines is 1. The number of aromatic nitrogens is 1. The van der Waals surface area contributed by atoms with Crippen molar-refractivity contribution in [3.05, 3.63) is 27.9 Å². The van der Waals surface area contributed by atoms with Crippen molar-refractivity contribution in [1.82, 2.24) is 4.98 Å². The van der Waals surface area contributed by atoms with Gasteiger partial charge in [0.15, 0.2) is 0 Å². The Morgan fingerprint density at radius 1 is 1.65 bits per heavy atom. The molecule has 1 saturated carbocycles. The van der Waals surface area contributed by atoms with Crippen LogP contribution < -0.4 is 5.32 Å². The van der Waals surface area contributed by atoms with Crippen LogP contribution in [0.3, 0.4) is 0 Å². The molecule has 0 aliphatic heterocycles. The monoisotopic (exact) mass is 297 g/mol. The minimum atomic E-state index is -1.23. The first kappa shape index (κ1) is 14.6. The summed E-state index contributed by atoms with van der Waals surface area (Å²) in [5.74, 6) is -1.10. The number of hydrogen-bond donors (Lipinski definition) is 2. The number of nitro groups is 1. The molecule has 1 aromatic heterocycles. The number of nitrogens with one attached hydrogen (secondary N) is 1. The van der Waals surface area contributed by atoms with Crippen LogP contribution in [0, 0.1) is 10.1 Å². The maximum absolute atomic E-state index is 11.0. The van der Waals surface area contributed by atoms with E-state index in [0.717, 1.165) is 31.5 Å². The zero-order chi connectivity index (χ0) is 14.8. The van der Waals surface area contributed by atoms with Crippen molar-refractivity contribution in [3.63, 3.8) is 0 Å². The molecule has 0 aromatic carbocycles. The molecule has 0 unspecified atom stereocenters. The molecule has 8 heteroatoms. The molecule has 1 fully saturated rings. The van der Waals surface area contributed by atoms with E-state index < -0.39 is 10.9 Å². The third-order valence-corrected chi connectivity index (χ3v) is 5.01. The molecular formula is C12H15N3O4S. The summed E-state index contributed by atoms with van der Waals surface area (Å²) in [6.45, 7) is 0.592. The average molecular weight is 297 g/mol. The smallest absolute Gasteiger partial charge is 0.337 e. The summed E-state index contributed by atoms with van der Waals surface area (Å²) in [6, 6.07) is 1.03. The van der Waals surface area contributed by atoms with Gasteiger partial charge in [-0.2, -0.15) is 11.8 Å². The van der Waals surface area contributed by atoms with Crippen LogP contribution >= 0.6 is 11.8 Å². The standard InChI is InChI=1S/C12H15N3O4S/c1-20-12(3-2-4-12)7-14-10-9(15(18)19)5-8(6-13-10)11(16)17/h5-6H,2-4,7H2,1H3,(H,13,14)(H,16,17). The Bertz CT molecular complexity index is 540. The maximum atomic E-state index is 11.0. The van der Waals surface area contributed by atoms with Crippen LogP contribution in [0.15, 0.2) is 12.3 Å². The SMILES string of the molecule is CSC1(CNc2ncc(C(=O)O)cc2[N+](=O)[O-])CCC1. The highest BCUT2D eigenvalue weighted by atomic mass is 32.2. The fourth-order valence-electron chi connectivity index (χ4n) is 2.11. The lowest BCUT2D eigenvalue weighted by Gasteiger charge is -2.40. The van der Waals surface area contributed by atoms with Gasteiger partial charge in [0.05, 0.1) is 10.5 Å². The Kier molecular flexibility index (Phi) is 4.12. The van der Waals surface area contributed by atoms with Gasteiger partial charge >= 0.3 is 11.7 Å². The average Bonchev–Trinajstić information content (AvgIpc) is 2.37. The molecule has 1 aromatic rings. The minimum absolute atomic E-state index is 0.112. The Morgan fingerprint density at radius 2 is 2.35 bits per heavy atom. The third-order valence-electron chi connectivity index (χ3n) is 3.59. The Hall–Kier alpha value is -1.83. The van der Waals surface area contributed by atoms with E-state index in [0.29, 0.717) is 6.54 Å². The van der Waals surface area contributed by atoms with Crippen LogP contribution in [0.2, 0.25) is 0 Å². The topological polar surface area (TPSA) is 105 Å². The van der Waals surface area contributed by atoms with E-state index in [9.17, 15) is 14.9 Å². The minimum Gasteiger partial charge on any atom is -0.478 e. The van der Waals surface area contributed by atoms with Crippen LogP contribution in [0.5, 0.6) is 0 Å². The first-order valence-corrected chi connectivity index (χ1v) is 7.37. The summed E-state index contributed by atoms with van der Waals surface area (Å²) in [6.07, 6.45) is 6.46. The normalized spacial score (nSPS) is 16.2. The number of thioether (sulfide) groups is 1. The molecule has 0 amide bonds. The lowest BCUT2D eigenvalue weighted by Crippen LogP contribution is -2.40. The molecule has 0 radical (unpaired) electrons. The fourth-order valence-corrected chi connectivity index (χ4v) is 3.03. The lowest BCUT2D eigenvalue weighted by molar-refractivity contribution is -0.384. The molecule has 2 rings (SSSR count). The van der Waals surface area contributed by atoms with Crippen LogP contribution in [0.4, 0.5) is 11.5 Å². The van der Waals surface area contributed by atoms with Gasteiger partial charge in [-0.1, -0.05) is 6.42 Å². The molecule has 1 aliphatic carbocycles. The molecule has 0 atom stereocenters. The van der Waals surface area contributed by atoms with E-state index in [1.54, 1.807) is 11.8 Å². The lowest BCUT2D eigenvalue weighted by atomic mass is 9.84. The van der Waals surface area contributed by atoms with Crippen molar-refractivity contribution in [2.45, 2.75) is 24.0 Å². The quantitative estimate of drug-likeness (QED) is 0.613. The zero-order valence-electron chi connectivity index (χ0n) is 11.0. The second kappa shape index (κ2) is 5.66. The predicted molar refractivity (Wildman–Crippen MR) is 76.4 cm³/mol. The highest BCUT2D eigenvalue weighted by Gasteiger charge is 2.36. The third kappa shape index (κ3) is 2.84. The van der Waals surface area contributed by atoms with E-state index in [1.165, 1.54) is 0 Å². The van der Waals surface area contributed by atoms with Crippen LogP contribution in [-0.2, 0) is 0 Å². The van der Waals surface area contributed by atoms with Gasteiger partial charge in [0, 0.05) is 23.6 Å². The number of carboxylic acid groups (broad SMARTS) is 1. The summed E-state index contributed by atoms with van der Waals surface area (Å²) >= 11 is 1.75. The number of carboxylic acids is 1. The summed E-state index contributed by atoms with van der Waals surface area (Å²) in [4.78, 5) is 25.1. The Labute approximate surface area is 119 Å². The van der Waals surface area contributed by atoms with Gasteiger partial charge in [-0.25, -0.2) is 9.78 Å². The largest absolute Gasteiger partial charge is 0.478 e. The highest BCUT2D eigenvalue weighted by Crippen LogP contribution is 2.43. The Balaban J connectivity index is 2.18. The molecule has 1 aliphatic rings. The van der Waals surface area contributed by atoms with E-state index in [4.69, 9.17) is 5.11 Å². The summed E-state index contributed by atoms with van der Waals surface area (Å²) in [7, 11) is 0. The number of nitrogens with zero attached hydrogens (tertiary/aromatic N) is 2. The molecule has 2 N–H and O–H groups in total. The summed E-state index contributed by atoms with van der Waals surface area (Å²) in [5.41, 5.74) is -0.494. The van der Waals surface area contributed by atoms with E-state index in [-0.39, 0.29) is 21.8 Å². The molecule has 0 spiro atoms. The van der Waals surface area contributed by atoms with E-state index >= 15 is 0 Å². The highest BCUT2D eigenvalue weighted by molar-refractivity contribution is 8.00. The first-order valence-electron chi connectivity index (χ1n) is 6.14. The summed E-state index contributed by atoms with van der Waals surface area (Å²) < 4.78 is 0.112. The van der Waals surface area contributed by atoms with Gasteiger partial charge < -0.3 is 10.4 Å². The molecule has 0 saturated heterocycles. The molecule has 108 valence electrons. The Morgan fingerprint density at radius 3 is 2.80 bits per heavy atom. The van der Waals surface area contributed by atoms with Crippen molar-refractivity contribution >= 4 is 29.2 Å². The van der Waals surface area contributed by atoms with Crippen LogP contribution in [0.25, 0.3) is 0 Å². The molecule has 7 nitrogen and oxygen atoms in total. The fraction of sp³-hybridized carbons (Fsp3) is 0.500. The van der Waals surface area contributed by atoms with Crippen molar-refractivity contribution in [2.75, 3.05) is 18.1 Å². The maximum Gasteiger partial charge on any atom is 0.337 e.